The summed E-state index contributed by atoms with van der Waals surface area (Å²) in [6.07, 6.45) is 2.04. The second-order valence-electron chi connectivity index (χ2n) is 4.79. The van der Waals surface area contributed by atoms with Crippen LogP contribution in [0.5, 0.6) is 5.75 Å². The van der Waals surface area contributed by atoms with E-state index < -0.39 is 6.10 Å². The highest BCUT2D eigenvalue weighted by Crippen LogP contribution is 2.29. The largest absolute Gasteiger partial charge is 0.467 e. The second-order valence-corrected chi connectivity index (χ2v) is 4.79. The van der Waals surface area contributed by atoms with Gasteiger partial charge in [-0.3, -0.25) is 0 Å². The molecule has 1 saturated carbocycles. The van der Waals surface area contributed by atoms with E-state index in [4.69, 9.17) is 9.47 Å². The first-order valence-electron chi connectivity index (χ1n) is 6.16. The minimum Gasteiger partial charge on any atom is -0.467 e. The Morgan fingerprint density at radius 1 is 1.41 bits per heavy atom. The first kappa shape index (κ1) is 12.4. The molecule has 94 valence electrons. The van der Waals surface area contributed by atoms with Crippen LogP contribution in [-0.4, -0.2) is 18.5 Å². The zero-order valence-corrected chi connectivity index (χ0v) is 10.5. The summed E-state index contributed by atoms with van der Waals surface area (Å²) in [7, 11) is 0. The first-order valence-corrected chi connectivity index (χ1v) is 6.16. The zero-order valence-electron chi connectivity index (χ0n) is 10.5. The predicted octanol–water partition coefficient (Wildman–Crippen LogP) is 2.81. The van der Waals surface area contributed by atoms with Crippen molar-refractivity contribution in [1.82, 2.24) is 0 Å². The molecular weight excluding hydrogens is 216 g/mol. The van der Waals surface area contributed by atoms with Gasteiger partial charge in [-0.1, -0.05) is 12.1 Å². The molecule has 1 N–H and O–H groups in total. The quantitative estimate of drug-likeness (QED) is 0.609. The molecule has 0 aromatic heterocycles. The van der Waals surface area contributed by atoms with Gasteiger partial charge in [0.05, 0.1) is 12.7 Å². The summed E-state index contributed by atoms with van der Waals surface area (Å²) >= 11 is 0. The van der Waals surface area contributed by atoms with Crippen molar-refractivity contribution < 1.29 is 14.6 Å². The minimum atomic E-state index is -0.519. The lowest BCUT2D eigenvalue weighted by atomic mass is 10.1. The topological polar surface area (TPSA) is 38.7 Å². The van der Waals surface area contributed by atoms with Crippen LogP contribution in [0, 0.1) is 12.8 Å². The molecule has 1 aromatic rings. The molecule has 0 radical (unpaired) electrons. The zero-order chi connectivity index (χ0) is 12.3. The predicted molar refractivity (Wildman–Crippen MR) is 66.0 cm³/mol. The fourth-order valence-corrected chi connectivity index (χ4v) is 1.72. The van der Waals surface area contributed by atoms with E-state index in [1.807, 2.05) is 25.1 Å². The molecule has 3 nitrogen and oxygen atoms in total. The Labute approximate surface area is 102 Å². The monoisotopic (exact) mass is 236 g/mol. The van der Waals surface area contributed by atoms with Gasteiger partial charge in [0.15, 0.2) is 6.79 Å². The van der Waals surface area contributed by atoms with Crippen molar-refractivity contribution in [2.45, 2.75) is 32.8 Å². The van der Waals surface area contributed by atoms with E-state index in [0.717, 1.165) is 29.4 Å². The lowest BCUT2D eigenvalue weighted by molar-refractivity contribution is 0.00828. The Bertz CT molecular complexity index is 370. The number of ether oxygens (including phenoxy) is 2. The van der Waals surface area contributed by atoms with E-state index in [1.165, 1.54) is 12.8 Å². The summed E-state index contributed by atoms with van der Waals surface area (Å²) in [6, 6.07) is 5.80. The van der Waals surface area contributed by atoms with E-state index in [2.05, 4.69) is 0 Å². The van der Waals surface area contributed by atoms with Crippen LogP contribution in [0.15, 0.2) is 18.2 Å². The van der Waals surface area contributed by atoms with Crippen molar-refractivity contribution in [3.05, 3.63) is 29.3 Å². The van der Waals surface area contributed by atoms with Crippen LogP contribution in [0.2, 0.25) is 0 Å². The van der Waals surface area contributed by atoms with Gasteiger partial charge in [0.25, 0.3) is 0 Å². The van der Waals surface area contributed by atoms with Crippen LogP contribution in [0.3, 0.4) is 0 Å². The summed E-state index contributed by atoms with van der Waals surface area (Å²) in [5.41, 5.74) is 1.93. The maximum atomic E-state index is 9.63. The van der Waals surface area contributed by atoms with E-state index in [9.17, 15) is 5.11 Å². The van der Waals surface area contributed by atoms with Gasteiger partial charge < -0.3 is 14.6 Å². The molecule has 0 saturated heterocycles. The lowest BCUT2D eigenvalue weighted by Gasteiger charge is -2.14. The maximum absolute atomic E-state index is 9.63. The maximum Gasteiger partial charge on any atom is 0.189 e. The van der Waals surface area contributed by atoms with Crippen molar-refractivity contribution in [2.24, 2.45) is 5.92 Å². The number of aryl methyl sites for hydroxylation is 1. The van der Waals surface area contributed by atoms with Crippen LogP contribution in [0.25, 0.3) is 0 Å². The van der Waals surface area contributed by atoms with Gasteiger partial charge in [0.2, 0.25) is 0 Å². The van der Waals surface area contributed by atoms with Gasteiger partial charge in [-0.2, -0.15) is 0 Å². The van der Waals surface area contributed by atoms with Crippen molar-refractivity contribution in [2.75, 3.05) is 13.4 Å². The smallest absolute Gasteiger partial charge is 0.189 e. The Hall–Kier alpha value is -1.06. The van der Waals surface area contributed by atoms with Crippen LogP contribution >= 0.6 is 0 Å². The number of aliphatic hydroxyl groups is 1. The molecule has 1 unspecified atom stereocenters. The highest BCUT2D eigenvalue weighted by molar-refractivity contribution is 5.38. The van der Waals surface area contributed by atoms with Gasteiger partial charge in [0.1, 0.15) is 5.75 Å². The summed E-state index contributed by atoms with van der Waals surface area (Å²) in [6.45, 7) is 4.79. The third kappa shape index (κ3) is 3.72. The molecule has 0 spiro atoms. The van der Waals surface area contributed by atoms with Gasteiger partial charge >= 0.3 is 0 Å². The Morgan fingerprint density at radius 2 is 2.18 bits per heavy atom. The minimum absolute atomic E-state index is 0.264. The third-order valence-corrected chi connectivity index (χ3v) is 2.97. The molecule has 1 aliphatic carbocycles. The SMILES string of the molecule is Cc1ccc(C(C)O)c(OCOCC2CC2)c1. The Balaban J connectivity index is 1.89. The molecule has 1 aromatic carbocycles. The van der Waals surface area contributed by atoms with Crippen LogP contribution in [0.4, 0.5) is 0 Å². The Kier molecular flexibility index (Phi) is 4.02. The highest BCUT2D eigenvalue weighted by atomic mass is 16.7. The average molecular weight is 236 g/mol. The molecule has 0 heterocycles. The van der Waals surface area contributed by atoms with Crippen LogP contribution in [0.1, 0.15) is 37.0 Å². The number of hydrogen-bond acceptors (Lipinski definition) is 3. The van der Waals surface area contributed by atoms with Crippen molar-refractivity contribution in [3.63, 3.8) is 0 Å². The molecule has 0 bridgehead atoms. The summed E-state index contributed by atoms with van der Waals surface area (Å²) < 4.78 is 11.0. The van der Waals surface area contributed by atoms with Crippen molar-refractivity contribution in [1.29, 1.82) is 0 Å². The lowest BCUT2D eigenvalue weighted by Crippen LogP contribution is -2.07. The Morgan fingerprint density at radius 3 is 2.82 bits per heavy atom. The molecule has 1 atom stereocenters. The van der Waals surface area contributed by atoms with Crippen molar-refractivity contribution in [3.8, 4) is 5.75 Å². The number of aliphatic hydroxyl groups excluding tert-OH is 1. The van der Waals surface area contributed by atoms with E-state index in [-0.39, 0.29) is 6.79 Å². The normalized spacial score (nSPS) is 16.9. The molecule has 0 aliphatic heterocycles. The van der Waals surface area contributed by atoms with Crippen LogP contribution < -0.4 is 4.74 Å². The summed E-state index contributed by atoms with van der Waals surface area (Å²) in [5, 5.41) is 9.63. The van der Waals surface area contributed by atoms with Gasteiger partial charge in [0, 0.05) is 5.56 Å². The van der Waals surface area contributed by atoms with Gasteiger partial charge in [-0.15, -0.1) is 0 Å². The fraction of sp³-hybridized carbons (Fsp3) is 0.571. The van der Waals surface area contributed by atoms with E-state index in [0.29, 0.717) is 0 Å². The number of benzene rings is 1. The molecular formula is C14H20O3. The molecule has 1 fully saturated rings. The van der Waals surface area contributed by atoms with Gasteiger partial charge in [-0.05, 0) is 44.2 Å². The summed E-state index contributed by atoms with van der Waals surface area (Å²) in [5.74, 6) is 1.46. The highest BCUT2D eigenvalue weighted by Gasteiger charge is 2.21. The molecule has 2 rings (SSSR count). The van der Waals surface area contributed by atoms with Crippen LogP contribution in [-0.2, 0) is 4.74 Å². The standard InChI is InChI=1S/C14H20O3/c1-10-3-6-13(11(2)15)14(7-10)17-9-16-8-12-4-5-12/h3,6-7,11-12,15H,4-5,8-9H2,1-2H3. The fourth-order valence-electron chi connectivity index (χ4n) is 1.72. The van der Waals surface area contributed by atoms with E-state index >= 15 is 0 Å². The number of rotatable bonds is 6. The molecule has 0 amide bonds. The van der Waals surface area contributed by atoms with E-state index in [1.54, 1.807) is 6.92 Å². The van der Waals surface area contributed by atoms with Gasteiger partial charge in [-0.25, -0.2) is 0 Å². The number of hydrogen-bond donors (Lipinski definition) is 1. The second kappa shape index (κ2) is 5.52. The first-order chi connectivity index (χ1) is 8.16. The molecule has 3 heteroatoms. The third-order valence-electron chi connectivity index (χ3n) is 2.97. The summed E-state index contributed by atoms with van der Waals surface area (Å²) in [4.78, 5) is 0. The average Bonchev–Trinajstić information content (AvgIpc) is 3.08. The van der Waals surface area contributed by atoms with Crippen molar-refractivity contribution >= 4 is 0 Å². The molecule has 1 aliphatic rings. The molecule has 17 heavy (non-hydrogen) atoms.